The molecule has 1 heterocycles. The Morgan fingerprint density at radius 2 is 1.61 bits per heavy atom. The van der Waals surface area contributed by atoms with Crippen molar-refractivity contribution >= 4 is 0 Å². The van der Waals surface area contributed by atoms with Crippen LogP contribution in [0.3, 0.4) is 0 Å². The Kier molecular flexibility index (Phi) is 4.40. The highest BCUT2D eigenvalue weighted by molar-refractivity contribution is 5.34. The van der Waals surface area contributed by atoms with Gasteiger partial charge < -0.3 is 0 Å². The van der Waals surface area contributed by atoms with Crippen molar-refractivity contribution in [2.75, 3.05) is 13.1 Å². The van der Waals surface area contributed by atoms with Crippen molar-refractivity contribution in [1.82, 2.24) is 4.90 Å². The third kappa shape index (κ3) is 3.40. The van der Waals surface area contributed by atoms with E-state index in [1.807, 2.05) is 18.2 Å². The number of piperidine rings is 1. The third-order valence-corrected chi connectivity index (χ3v) is 4.59. The van der Waals surface area contributed by atoms with Gasteiger partial charge in [-0.25, -0.2) is 8.78 Å². The van der Waals surface area contributed by atoms with Gasteiger partial charge in [-0.2, -0.15) is 5.26 Å². The van der Waals surface area contributed by atoms with Crippen molar-refractivity contribution in [2.24, 2.45) is 0 Å². The zero-order valence-electron chi connectivity index (χ0n) is 12.8. The molecule has 2 aromatic rings. The summed E-state index contributed by atoms with van der Waals surface area (Å²) in [6, 6.07) is 15.9. The molecule has 0 saturated carbocycles. The van der Waals surface area contributed by atoms with Crippen LogP contribution < -0.4 is 0 Å². The van der Waals surface area contributed by atoms with Crippen molar-refractivity contribution in [3.05, 3.63) is 71.3 Å². The standard InChI is InChI=1S/C19H18F2N2/c20-17-10-16(11-18(21)12-17)19(14-22)6-8-23(9-7-19)13-15-4-2-1-3-5-15/h1-5,10-12H,6-9,13H2. The monoisotopic (exact) mass is 312 g/mol. The average Bonchev–Trinajstić information content (AvgIpc) is 2.56. The average molecular weight is 312 g/mol. The van der Waals surface area contributed by atoms with Crippen molar-refractivity contribution in [1.29, 1.82) is 5.26 Å². The number of hydrogen-bond donors (Lipinski definition) is 0. The predicted molar refractivity (Wildman–Crippen MR) is 84.6 cm³/mol. The van der Waals surface area contributed by atoms with Crippen LogP contribution in [-0.4, -0.2) is 18.0 Å². The minimum absolute atomic E-state index is 0.455. The molecule has 0 aromatic heterocycles. The molecule has 2 nitrogen and oxygen atoms in total. The molecule has 23 heavy (non-hydrogen) atoms. The Morgan fingerprint density at radius 3 is 2.17 bits per heavy atom. The van der Waals surface area contributed by atoms with E-state index < -0.39 is 17.0 Å². The number of rotatable bonds is 3. The molecule has 3 rings (SSSR count). The van der Waals surface area contributed by atoms with Crippen molar-refractivity contribution < 1.29 is 8.78 Å². The van der Waals surface area contributed by atoms with Gasteiger partial charge in [0, 0.05) is 25.7 Å². The van der Waals surface area contributed by atoms with Crippen LogP contribution in [0.25, 0.3) is 0 Å². The van der Waals surface area contributed by atoms with E-state index in [9.17, 15) is 14.0 Å². The minimum atomic E-state index is -0.796. The predicted octanol–water partition coefficient (Wildman–Crippen LogP) is 4.02. The topological polar surface area (TPSA) is 27.0 Å². The highest BCUT2D eigenvalue weighted by Gasteiger charge is 2.37. The van der Waals surface area contributed by atoms with E-state index in [-0.39, 0.29) is 0 Å². The smallest absolute Gasteiger partial charge is 0.126 e. The highest BCUT2D eigenvalue weighted by atomic mass is 19.1. The Balaban J connectivity index is 1.74. The minimum Gasteiger partial charge on any atom is -0.299 e. The first-order valence-electron chi connectivity index (χ1n) is 7.75. The summed E-state index contributed by atoms with van der Waals surface area (Å²) in [6.07, 6.45) is 1.17. The molecule has 0 unspecified atom stereocenters. The largest absolute Gasteiger partial charge is 0.299 e. The molecule has 1 saturated heterocycles. The van der Waals surface area contributed by atoms with Crippen molar-refractivity contribution in [2.45, 2.75) is 24.8 Å². The fraction of sp³-hybridized carbons (Fsp3) is 0.316. The molecule has 1 fully saturated rings. The van der Waals surface area contributed by atoms with Gasteiger partial charge in [0.25, 0.3) is 0 Å². The maximum Gasteiger partial charge on any atom is 0.126 e. The van der Waals surface area contributed by atoms with Crippen LogP contribution in [0.2, 0.25) is 0 Å². The number of halogens is 2. The zero-order valence-corrected chi connectivity index (χ0v) is 12.8. The molecule has 0 aliphatic carbocycles. The van der Waals surface area contributed by atoms with E-state index >= 15 is 0 Å². The third-order valence-electron chi connectivity index (χ3n) is 4.59. The van der Waals surface area contributed by atoms with Gasteiger partial charge >= 0.3 is 0 Å². The van der Waals surface area contributed by atoms with Gasteiger partial charge in [-0.3, -0.25) is 4.90 Å². The fourth-order valence-corrected chi connectivity index (χ4v) is 3.23. The second kappa shape index (κ2) is 6.47. The van der Waals surface area contributed by atoms with E-state index in [2.05, 4.69) is 23.1 Å². The number of nitriles is 1. The first kappa shape index (κ1) is 15.6. The van der Waals surface area contributed by atoms with Gasteiger partial charge in [-0.1, -0.05) is 30.3 Å². The normalized spacial score (nSPS) is 17.6. The molecule has 118 valence electrons. The molecule has 0 N–H and O–H groups in total. The van der Waals surface area contributed by atoms with Gasteiger partial charge in [0.15, 0.2) is 0 Å². The number of hydrogen-bond acceptors (Lipinski definition) is 2. The summed E-state index contributed by atoms with van der Waals surface area (Å²) in [5.74, 6) is -1.25. The Hall–Kier alpha value is -2.25. The summed E-state index contributed by atoms with van der Waals surface area (Å²) in [4.78, 5) is 2.28. The lowest BCUT2D eigenvalue weighted by molar-refractivity contribution is 0.178. The molecular weight excluding hydrogens is 294 g/mol. The fourth-order valence-electron chi connectivity index (χ4n) is 3.23. The van der Waals surface area contributed by atoms with E-state index in [4.69, 9.17) is 0 Å². The van der Waals surface area contributed by atoms with Gasteiger partial charge in [0.05, 0.1) is 11.5 Å². The van der Waals surface area contributed by atoms with Crippen LogP contribution in [0.1, 0.15) is 24.0 Å². The van der Waals surface area contributed by atoms with Crippen molar-refractivity contribution in [3.63, 3.8) is 0 Å². The molecule has 0 radical (unpaired) electrons. The van der Waals surface area contributed by atoms with Crippen LogP contribution in [0, 0.1) is 23.0 Å². The lowest BCUT2D eigenvalue weighted by Gasteiger charge is -2.37. The van der Waals surface area contributed by atoms with Gasteiger partial charge in [0.1, 0.15) is 11.6 Å². The van der Waals surface area contributed by atoms with Crippen LogP contribution in [0.5, 0.6) is 0 Å². The van der Waals surface area contributed by atoms with Crippen LogP contribution in [0.4, 0.5) is 8.78 Å². The summed E-state index contributed by atoms with van der Waals surface area (Å²) in [7, 11) is 0. The Morgan fingerprint density at radius 1 is 1.00 bits per heavy atom. The SMILES string of the molecule is N#CC1(c2cc(F)cc(F)c2)CCN(Cc2ccccc2)CC1. The maximum atomic E-state index is 13.5. The maximum absolute atomic E-state index is 13.5. The molecule has 0 amide bonds. The van der Waals surface area contributed by atoms with Crippen LogP contribution in [-0.2, 0) is 12.0 Å². The van der Waals surface area contributed by atoms with Crippen LogP contribution >= 0.6 is 0 Å². The molecule has 0 spiro atoms. The quantitative estimate of drug-likeness (QED) is 0.856. The molecule has 0 atom stereocenters. The Bertz CT molecular complexity index is 694. The van der Waals surface area contributed by atoms with Crippen molar-refractivity contribution in [3.8, 4) is 6.07 Å². The van der Waals surface area contributed by atoms with Gasteiger partial charge in [-0.15, -0.1) is 0 Å². The molecule has 2 aromatic carbocycles. The first-order chi connectivity index (χ1) is 11.1. The van der Waals surface area contributed by atoms with E-state index in [0.717, 1.165) is 25.7 Å². The summed E-state index contributed by atoms with van der Waals surface area (Å²) in [6.45, 7) is 2.31. The summed E-state index contributed by atoms with van der Waals surface area (Å²) in [5, 5.41) is 9.64. The molecular formula is C19H18F2N2. The number of nitrogens with zero attached hydrogens (tertiary/aromatic N) is 2. The number of benzene rings is 2. The summed E-state index contributed by atoms with van der Waals surface area (Å²) >= 11 is 0. The van der Waals surface area contributed by atoms with E-state index in [1.165, 1.54) is 17.7 Å². The second-order valence-electron chi connectivity index (χ2n) is 6.11. The molecule has 4 heteroatoms. The molecule has 0 bridgehead atoms. The van der Waals surface area contributed by atoms with E-state index in [0.29, 0.717) is 18.4 Å². The van der Waals surface area contributed by atoms with Crippen LogP contribution in [0.15, 0.2) is 48.5 Å². The van der Waals surface area contributed by atoms with E-state index in [1.54, 1.807) is 0 Å². The highest BCUT2D eigenvalue weighted by Crippen LogP contribution is 2.36. The summed E-state index contributed by atoms with van der Waals surface area (Å²) < 4.78 is 27.0. The summed E-state index contributed by atoms with van der Waals surface area (Å²) in [5.41, 5.74) is 0.890. The van der Waals surface area contributed by atoms with Gasteiger partial charge in [0.2, 0.25) is 0 Å². The lowest BCUT2D eigenvalue weighted by Crippen LogP contribution is -2.41. The number of likely N-dealkylation sites (tertiary alicyclic amines) is 1. The first-order valence-corrected chi connectivity index (χ1v) is 7.75. The Labute approximate surface area is 135 Å². The zero-order chi connectivity index (χ0) is 16.3. The lowest BCUT2D eigenvalue weighted by atomic mass is 9.74. The molecule has 1 aliphatic rings. The second-order valence-corrected chi connectivity index (χ2v) is 6.11. The van der Waals surface area contributed by atoms with Gasteiger partial charge in [-0.05, 0) is 36.1 Å². The molecule has 1 aliphatic heterocycles.